The summed E-state index contributed by atoms with van der Waals surface area (Å²) < 4.78 is 7.02. The van der Waals surface area contributed by atoms with Crippen LogP contribution in [0.25, 0.3) is 11.0 Å². The summed E-state index contributed by atoms with van der Waals surface area (Å²) in [5.74, 6) is -0.966. The minimum atomic E-state index is -0.926. The Balaban J connectivity index is 1.67. The lowest BCUT2D eigenvalue weighted by Gasteiger charge is -2.14. The van der Waals surface area contributed by atoms with E-state index < -0.39 is 12.1 Å². The molecule has 0 bridgehead atoms. The summed E-state index contributed by atoms with van der Waals surface area (Å²) in [6.45, 7) is 6.13. The second-order valence-electron chi connectivity index (χ2n) is 6.01. The van der Waals surface area contributed by atoms with Crippen LogP contribution in [0.3, 0.4) is 0 Å². The first-order chi connectivity index (χ1) is 12.5. The predicted octanol–water partition coefficient (Wildman–Crippen LogP) is 2.94. The highest BCUT2D eigenvalue weighted by Crippen LogP contribution is 2.15. The standard InChI is InChI=1S/C19H20N4O3/c1-4-23-17-9-8-14(11-16(17)21-22-23)19(25)26-13(3)18(24)20-15-7-5-6-12(2)10-15/h5-11,13H,4H2,1-3H3,(H,20,24)/t13-/m1/s1. The Labute approximate surface area is 151 Å². The van der Waals surface area contributed by atoms with Gasteiger partial charge in [0.2, 0.25) is 0 Å². The molecule has 2 aromatic carbocycles. The van der Waals surface area contributed by atoms with Crippen molar-refractivity contribution in [2.24, 2.45) is 0 Å². The van der Waals surface area contributed by atoms with E-state index >= 15 is 0 Å². The van der Waals surface area contributed by atoms with Crippen LogP contribution in [0.1, 0.15) is 29.8 Å². The molecule has 1 aromatic heterocycles. The summed E-state index contributed by atoms with van der Waals surface area (Å²) in [5.41, 5.74) is 3.47. The summed E-state index contributed by atoms with van der Waals surface area (Å²) in [6, 6.07) is 12.4. The summed E-state index contributed by atoms with van der Waals surface area (Å²) in [4.78, 5) is 24.6. The monoisotopic (exact) mass is 352 g/mol. The van der Waals surface area contributed by atoms with Gasteiger partial charge in [-0.05, 0) is 56.7 Å². The molecule has 1 heterocycles. The molecule has 1 atom stereocenters. The lowest BCUT2D eigenvalue weighted by atomic mass is 10.2. The van der Waals surface area contributed by atoms with Gasteiger partial charge in [-0.2, -0.15) is 0 Å². The number of hydrogen-bond donors (Lipinski definition) is 1. The number of carbonyl (C=O) groups is 2. The number of esters is 1. The first-order valence-corrected chi connectivity index (χ1v) is 8.39. The third-order valence-corrected chi connectivity index (χ3v) is 3.99. The Hall–Kier alpha value is -3.22. The third-order valence-electron chi connectivity index (χ3n) is 3.99. The number of nitrogens with one attached hydrogen (secondary N) is 1. The van der Waals surface area contributed by atoms with Crippen LogP contribution in [0, 0.1) is 6.92 Å². The first kappa shape index (κ1) is 17.6. The fourth-order valence-electron chi connectivity index (χ4n) is 2.58. The molecule has 1 amide bonds. The van der Waals surface area contributed by atoms with E-state index in [9.17, 15) is 9.59 Å². The average Bonchev–Trinajstić information content (AvgIpc) is 3.03. The van der Waals surface area contributed by atoms with Gasteiger partial charge in [-0.15, -0.1) is 5.10 Å². The lowest BCUT2D eigenvalue weighted by Crippen LogP contribution is -2.30. The number of ether oxygens (including phenoxy) is 1. The molecule has 0 radical (unpaired) electrons. The van der Waals surface area contributed by atoms with Gasteiger partial charge in [-0.1, -0.05) is 17.3 Å². The van der Waals surface area contributed by atoms with Gasteiger partial charge < -0.3 is 10.1 Å². The summed E-state index contributed by atoms with van der Waals surface area (Å²) in [5, 5.41) is 10.8. The molecule has 0 saturated carbocycles. The number of aryl methyl sites for hydroxylation is 2. The summed E-state index contributed by atoms with van der Waals surface area (Å²) in [6.07, 6.45) is -0.926. The second kappa shape index (κ2) is 7.35. The molecular formula is C19H20N4O3. The maximum atomic E-state index is 12.3. The van der Waals surface area contributed by atoms with Crippen LogP contribution in [0.4, 0.5) is 5.69 Å². The fourth-order valence-corrected chi connectivity index (χ4v) is 2.58. The molecule has 1 N–H and O–H groups in total. The number of amides is 1. The first-order valence-electron chi connectivity index (χ1n) is 8.39. The van der Waals surface area contributed by atoms with Gasteiger partial charge in [0.05, 0.1) is 11.1 Å². The van der Waals surface area contributed by atoms with Crippen LogP contribution < -0.4 is 5.32 Å². The van der Waals surface area contributed by atoms with Crippen LogP contribution in [-0.4, -0.2) is 33.0 Å². The number of benzene rings is 2. The Morgan fingerprint density at radius 3 is 2.77 bits per heavy atom. The molecule has 3 rings (SSSR count). The van der Waals surface area contributed by atoms with Crippen molar-refractivity contribution in [2.45, 2.75) is 33.4 Å². The third kappa shape index (κ3) is 3.72. The van der Waals surface area contributed by atoms with Crippen LogP contribution in [0.2, 0.25) is 0 Å². The largest absolute Gasteiger partial charge is 0.449 e. The van der Waals surface area contributed by atoms with Crippen LogP contribution in [0.5, 0.6) is 0 Å². The number of hydrogen-bond acceptors (Lipinski definition) is 5. The highest BCUT2D eigenvalue weighted by Gasteiger charge is 2.20. The Bertz CT molecular complexity index is 964. The van der Waals surface area contributed by atoms with Gasteiger partial charge >= 0.3 is 5.97 Å². The summed E-state index contributed by atoms with van der Waals surface area (Å²) in [7, 11) is 0. The van der Waals surface area contributed by atoms with Gasteiger partial charge in [0, 0.05) is 12.2 Å². The highest BCUT2D eigenvalue weighted by molar-refractivity contribution is 5.98. The zero-order chi connectivity index (χ0) is 18.7. The molecule has 0 saturated heterocycles. The number of fused-ring (bicyclic) bond motifs is 1. The van der Waals surface area contributed by atoms with E-state index in [1.807, 2.05) is 32.0 Å². The maximum Gasteiger partial charge on any atom is 0.338 e. The molecular weight excluding hydrogens is 332 g/mol. The molecule has 0 aliphatic carbocycles. The molecule has 0 aliphatic rings. The van der Waals surface area contributed by atoms with E-state index in [1.54, 1.807) is 28.9 Å². The van der Waals surface area contributed by atoms with E-state index in [1.165, 1.54) is 6.92 Å². The minimum Gasteiger partial charge on any atom is -0.449 e. The number of nitrogens with zero attached hydrogens (tertiary/aromatic N) is 3. The van der Waals surface area contributed by atoms with Crippen molar-refractivity contribution in [2.75, 3.05) is 5.32 Å². The van der Waals surface area contributed by atoms with Gasteiger partial charge in [0.15, 0.2) is 6.10 Å². The molecule has 3 aromatic rings. The zero-order valence-electron chi connectivity index (χ0n) is 14.9. The van der Waals surface area contributed by atoms with E-state index in [0.29, 0.717) is 23.3 Å². The van der Waals surface area contributed by atoms with Crippen molar-refractivity contribution in [3.05, 3.63) is 53.6 Å². The van der Waals surface area contributed by atoms with Crippen LogP contribution in [0.15, 0.2) is 42.5 Å². The van der Waals surface area contributed by atoms with Crippen LogP contribution in [-0.2, 0) is 16.1 Å². The molecule has 0 aliphatic heterocycles. The Morgan fingerprint density at radius 1 is 1.23 bits per heavy atom. The van der Waals surface area contributed by atoms with Gasteiger partial charge in [-0.3, -0.25) is 4.79 Å². The van der Waals surface area contributed by atoms with Crippen molar-refractivity contribution in [1.82, 2.24) is 15.0 Å². The molecule has 7 nitrogen and oxygen atoms in total. The van der Waals surface area contributed by atoms with E-state index in [2.05, 4.69) is 15.6 Å². The smallest absolute Gasteiger partial charge is 0.338 e. The number of rotatable bonds is 5. The lowest BCUT2D eigenvalue weighted by molar-refractivity contribution is -0.123. The van der Waals surface area contributed by atoms with Gasteiger partial charge in [0.25, 0.3) is 5.91 Å². The van der Waals surface area contributed by atoms with Crippen LogP contribution >= 0.6 is 0 Å². The highest BCUT2D eigenvalue weighted by atomic mass is 16.5. The van der Waals surface area contributed by atoms with Crippen molar-refractivity contribution < 1.29 is 14.3 Å². The van der Waals surface area contributed by atoms with Crippen molar-refractivity contribution in [3.63, 3.8) is 0 Å². The topological polar surface area (TPSA) is 86.1 Å². The molecule has 7 heteroatoms. The van der Waals surface area contributed by atoms with Crippen molar-refractivity contribution in [1.29, 1.82) is 0 Å². The number of anilines is 1. The predicted molar refractivity (Wildman–Crippen MR) is 97.9 cm³/mol. The number of carbonyl (C=O) groups excluding carboxylic acids is 2. The van der Waals surface area contributed by atoms with Crippen molar-refractivity contribution >= 4 is 28.6 Å². The van der Waals surface area contributed by atoms with E-state index in [0.717, 1.165) is 11.1 Å². The zero-order valence-corrected chi connectivity index (χ0v) is 14.9. The quantitative estimate of drug-likeness (QED) is 0.714. The van der Waals surface area contributed by atoms with E-state index in [-0.39, 0.29) is 5.91 Å². The van der Waals surface area contributed by atoms with Crippen molar-refractivity contribution in [3.8, 4) is 0 Å². The molecule has 134 valence electrons. The fraction of sp³-hybridized carbons (Fsp3) is 0.263. The summed E-state index contributed by atoms with van der Waals surface area (Å²) >= 11 is 0. The SMILES string of the molecule is CCn1nnc2cc(C(=O)O[C@H](C)C(=O)Nc3cccc(C)c3)ccc21. The van der Waals surface area contributed by atoms with Gasteiger partial charge in [-0.25, -0.2) is 9.48 Å². The molecule has 0 fully saturated rings. The average molecular weight is 352 g/mol. The minimum absolute atomic E-state index is 0.329. The molecule has 26 heavy (non-hydrogen) atoms. The molecule has 0 spiro atoms. The maximum absolute atomic E-state index is 12.3. The normalized spacial score (nSPS) is 12.0. The van der Waals surface area contributed by atoms with E-state index in [4.69, 9.17) is 4.74 Å². The Kier molecular flexibility index (Phi) is 4.97. The van der Waals surface area contributed by atoms with Gasteiger partial charge in [0.1, 0.15) is 5.52 Å². The number of aromatic nitrogens is 3. The second-order valence-corrected chi connectivity index (χ2v) is 6.01. The molecule has 0 unspecified atom stereocenters. The Morgan fingerprint density at radius 2 is 2.04 bits per heavy atom.